The Morgan fingerprint density at radius 1 is 1.25 bits per heavy atom. The maximum Gasteiger partial charge on any atom is 0.321 e. The summed E-state index contributed by atoms with van der Waals surface area (Å²) >= 11 is 0. The number of urea groups is 1. The van der Waals surface area contributed by atoms with E-state index in [9.17, 15) is 14.7 Å². The normalized spacial score (nSPS) is 11.0. The average Bonchev–Trinajstić information content (AvgIpc) is 2.28. The number of aliphatic hydroxyl groups is 1. The first-order valence-corrected chi connectivity index (χ1v) is 6.22. The molecule has 0 radical (unpaired) electrons. The quantitative estimate of drug-likeness (QED) is 0.763. The van der Waals surface area contributed by atoms with Crippen molar-refractivity contribution < 1.29 is 19.8 Å². The molecule has 6 nitrogen and oxygen atoms in total. The van der Waals surface area contributed by atoms with Crippen molar-refractivity contribution in [2.75, 3.05) is 18.9 Å². The molecule has 0 spiro atoms. The summed E-state index contributed by atoms with van der Waals surface area (Å²) in [6.45, 7) is 3.45. The summed E-state index contributed by atoms with van der Waals surface area (Å²) < 4.78 is 0. The minimum atomic E-state index is -0.961. The van der Waals surface area contributed by atoms with Crippen LogP contribution >= 0.6 is 0 Å². The molecule has 0 aliphatic heterocycles. The van der Waals surface area contributed by atoms with Gasteiger partial charge in [-0.3, -0.25) is 4.79 Å². The molecule has 20 heavy (non-hydrogen) atoms. The number of benzene rings is 1. The zero-order valence-electron chi connectivity index (χ0n) is 11.9. The van der Waals surface area contributed by atoms with E-state index in [0.717, 1.165) is 0 Å². The fraction of sp³-hybridized carbons (Fsp3) is 0.429. The second-order valence-corrected chi connectivity index (χ2v) is 5.37. The zero-order chi connectivity index (χ0) is 15.3. The van der Waals surface area contributed by atoms with E-state index in [2.05, 4.69) is 5.32 Å². The Labute approximate surface area is 118 Å². The highest BCUT2D eigenvalue weighted by Crippen LogP contribution is 2.11. The topological polar surface area (TPSA) is 89.9 Å². The summed E-state index contributed by atoms with van der Waals surface area (Å²) in [5, 5.41) is 21.0. The molecule has 2 amide bonds. The van der Waals surface area contributed by atoms with Crippen molar-refractivity contribution >= 4 is 17.7 Å². The molecular weight excluding hydrogens is 260 g/mol. The number of hydrogen-bond acceptors (Lipinski definition) is 3. The van der Waals surface area contributed by atoms with Crippen molar-refractivity contribution in [3.63, 3.8) is 0 Å². The summed E-state index contributed by atoms with van der Waals surface area (Å²) in [7, 11) is 1.59. The van der Waals surface area contributed by atoms with Gasteiger partial charge < -0.3 is 20.4 Å². The van der Waals surface area contributed by atoms with Crippen LogP contribution in [0.15, 0.2) is 24.3 Å². The first kappa shape index (κ1) is 16.0. The summed E-state index contributed by atoms with van der Waals surface area (Å²) in [4.78, 5) is 23.8. The van der Waals surface area contributed by atoms with Gasteiger partial charge in [0.25, 0.3) is 0 Å². The molecule has 6 heteroatoms. The van der Waals surface area contributed by atoms with Gasteiger partial charge in [0.2, 0.25) is 0 Å². The number of nitrogens with one attached hydrogen (secondary N) is 1. The highest BCUT2D eigenvalue weighted by atomic mass is 16.4. The fourth-order valence-electron chi connectivity index (χ4n) is 1.75. The molecule has 0 bridgehead atoms. The van der Waals surface area contributed by atoms with E-state index in [1.54, 1.807) is 45.2 Å². The van der Waals surface area contributed by atoms with Gasteiger partial charge in [0, 0.05) is 12.7 Å². The predicted octanol–water partition coefficient (Wildman–Crippen LogP) is 1.55. The zero-order valence-corrected chi connectivity index (χ0v) is 11.9. The smallest absolute Gasteiger partial charge is 0.321 e. The molecule has 0 atom stereocenters. The Kier molecular flexibility index (Phi) is 5.10. The molecular formula is C14H20N2O4. The van der Waals surface area contributed by atoms with Crippen LogP contribution in [0.5, 0.6) is 0 Å². The Morgan fingerprint density at radius 2 is 1.80 bits per heavy atom. The fourth-order valence-corrected chi connectivity index (χ4v) is 1.75. The van der Waals surface area contributed by atoms with E-state index in [0.29, 0.717) is 11.3 Å². The third kappa shape index (κ3) is 5.71. The number of amides is 2. The van der Waals surface area contributed by atoms with Crippen LogP contribution in [0.25, 0.3) is 0 Å². The average molecular weight is 280 g/mol. The number of anilines is 1. The highest BCUT2D eigenvalue weighted by Gasteiger charge is 2.19. The predicted molar refractivity (Wildman–Crippen MR) is 75.7 cm³/mol. The van der Waals surface area contributed by atoms with Gasteiger partial charge in [0.05, 0.1) is 18.6 Å². The minimum Gasteiger partial charge on any atom is -0.481 e. The number of carbonyl (C=O) groups is 2. The van der Waals surface area contributed by atoms with Crippen LogP contribution in [-0.4, -0.2) is 46.3 Å². The molecule has 0 aromatic heterocycles. The number of aliphatic carboxylic acids is 1. The van der Waals surface area contributed by atoms with Gasteiger partial charge in [0.15, 0.2) is 0 Å². The number of hydrogen-bond donors (Lipinski definition) is 3. The van der Waals surface area contributed by atoms with Crippen LogP contribution in [0.4, 0.5) is 10.5 Å². The molecule has 0 aliphatic rings. The second kappa shape index (κ2) is 6.38. The van der Waals surface area contributed by atoms with Crippen LogP contribution in [-0.2, 0) is 11.2 Å². The SMILES string of the molecule is CN(CC(C)(C)O)C(=O)Nc1ccc(CC(=O)O)cc1. The molecule has 0 aliphatic carbocycles. The maximum atomic E-state index is 11.9. The number of likely N-dealkylation sites (N-methyl/N-ethyl adjacent to an activating group) is 1. The standard InChI is InChI=1S/C14H20N2O4/c1-14(2,20)9-16(3)13(19)15-11-6-4-10(5-7-11)8-12(17)18/h4-7,20H,8-9H2,1-3H3,(H,15,19)(H,17,18). The van der Waals surface area contributed by atoms with Crippen molar-refractivity contribution in [1.82, 2.24) is 4.90 Å². The number of carboxylic acid groups (broad SMARTS) is 1. The summed E-state index contributed by atoms with van der Waals surface area (Å²) in [5.41, 5.74) is 0.282. The summed E-state index contributed by atoms with van der Waals surface area (Å²) in [6.07, 6.45) is -0.0488. The first-order chi connectivity index (χ1) is 9.17. The van der Waals surface area contributed by atoms with Crippen LogP contribution in [0, 0.1) is 0 Å². The Balaban J connectivity index is 2.60. The molecule has 0 heterocycles. The van der Waals surface area contributed by atoms with Crippen molar-refractivity contribution in [3.8, 4) is 0 Å². The largest absolute Gasteiger partial charge is 0.481 e. The highest BCUT2D eigenvalue weighted by molar-refractivity contribution is 5.89. The van der Waals surface area contributed by atoms with Crippen molar-refractivity contribution in [1.29, 1.82) is 0 Å². The van der Waals surface area contributed by atoms with Crippen molar-refractivity contribution in [2.24, 2.45) is 0 Å². The Morgan fingerprint density at radius 3 is 2.25 bits per heavy atom. The van der Waals surface area contributed by atoms with Gasteiger partial charge in [0.1, 0.15) is 0 Å². The lowest BCUT2D eigenvalue weighted by molar-refractivity contribution is -0.136. The van der Waals surface area contributed by atoms with E-state index in [1.807, 2.05) is 0 Å². The van der Waals surface area contributed by atoms with Crippen LogP contribution in [0.3, 0.4) is 0 Å². The third-order valence-corrected chi connectivity index (χ3v) is 2.53. The molecule has 3 N–H and O–H groups in total. The number of carbonyl (C=O) groups excluding carboxylic acids is 1. The molecule has 1 aromatic carbocycles. The number of nitrogens with zero attached hydrogens (tertiary/aromatic N) is 1. The molecule has 110 valence electrons. The van der Waals surface area contributed by atoms with Gasteiger partial charge in [-0.15, -0.1) is 0 Å². The van der Waals surface area contributed by atoms with Crippen LogP contribution in [0.2, 0.25) is 0 Å². The van der Waals surface area contributed by atoms with E-state index >= 15 is 0 Å². The van der Waals surface area contributed by atoms with Gasteiger partial charge in [-0.1, -0.05) is 12.1 Å². The van der Waals surface area contributed by atoms with E-state index in [4.69, 9.17) is 5.11 Å². The lowest BCUT2D eigenvalue weighted by atomic mass is 10.1. The van der Waals surface area contributed by atoms with E-state index < -0.39 is 11.6 Å². The van der Waals surface area contributed by atoms with Gasteiger partial charge in [-0.25, -0.2) is 4.79 Å². The Hall–Kier alpha value is -2.08. The van der Waals surface area contributed by atoms with E-state index in [-0.39, 0.29) is 19.0 Å². The molecule has 0 saturated heterocycles. The van der Waals surface area contributed by atoms with Crippen molar-refractivity contribution in [3.05, 3.63) is 29.8 Å². The minimum absolute atomic E-state index is 0.0488. The number of rotatable bonds is 5. The van der Waals surface area contributed by atoms with Crippen LogP contribution < -0.4 is 5.32 Å². The lowest BCUT2D eigenvalue weighted by Gasteiger charge is -2.25. The molecule has 0 saturated carbocycles. The molecule has 1 rings (SSSR count). The third-order valence-electron chi connectivity index (χ3n) is 2.53. The maximum absolute atomic E-state index is 11.9. The molecule has 1 aromatic rings. The van der Waals surface area contributed by atoms with Gasteiger partial charge >= 0.3 is 12.0 Å². The van der Waals surface area contributed by atoms with Crippen molar-refractivity contribution in [2.45, 2.75) is 25.9 Å². The molecule has 0 fully saturated rings. The number of carboxylic acids is 1. The van der Waals surface area contributed by atoms with Crippen LogP contribution in [0.1, 0.15) is 19.4 Å². The molecule has 0 unspecified atom stereocenters. The monoisotopic (exact) mass is 280 g/mol. The summed E-state index contributed by atoms with van der Waals surface area (Å²) in [6, 6.07) is 6.26. The van der Waals surface area contributed by atoms with E-state index in [1.165, 1.54) is 4.90 Å². The Bertz CT molecular complexity index is 477. The first-order valence-electron chi connectivity index (χ1n) is 6.22. The van der Waals surface area contributed by atoms with Gasteiger partial charge in [-0.05, 0) is 31.5 Å². The second-order valence-electron chi connectivity index (χ2n) is 5.37. The lowest BCUT2D eigenvalue weighted by Crippen LogP contribution is -2.41. The van der Waals surface area contributed by atoms with Gasteiger partial charge in [-0.2, -0.15) is 0 Å². The summed E-state index contributed by atoms with van der Waals surface area (Å²) in [5.74, 6) is -0.897.